The van der Waals surface area contributed by atoms with Gasteiger partial charge in [0.15, 0.2) is 0 Å². The normalized spacial score (nSPS) is 15.7. The maximum absolute atomic E-state index is 12.7. The van der Waals surface area contributed by atoms with Gasteiger partial charge in [0.1, 0.15) is 12.4 Å². The molecule has 118 valence electrons. The summed E-state index contributed by atoms with van der Waals surface area (Å²) in [6, 6.07) is 5.38. The number of carbonyl (C=O) groups is 1. The summed E-state index contributed by atoms with van der Waals surface area (Å²) in [6.07, 6.45) is 2.26. The molecule has 1 aliphatic heterocycles. The van der Waals surface area contributed by atoms with Crippen LogP contribution < -0.4 is 0 Å². The molecule has 0 bridgehead atoms. The number of rotatable bonds is 2. The third-order valence-corrected chi connectivity index (χ3v) is 4.60. The molecule has 3 aromatic rings. The molecule has 7 nitrogen and oxygen atoms in total. The Morgan fingerprint density at radius 1 is 1.43 bits per heavy atom. The molecule has 1 aliphatic rings. The van der Waals surface area contributed by atoms with E-state index in [0.717, 1.165) is 22.9 Å². The SMILES string of the molecule is C[C@@H](C(=O)N1CCc2[nH]c3ccc(Cl)cc3c2C1)n1cnnn1. The van der Waals surface area contributed by atoms with E-state index in [-0.39, 0.29) is 5.91 Å². The second kappa shape index (κ2) is 5.34. The van der Waals surface area contributed by atoms with E-state index in [1.165, 1.54) is 16.7 Å². The smallest absolute Gasteiger partial charge is 0.247 e. The number of tetrazole rings is 1. The van der Waals surface area contributed by atoms with Gasteiger partial charge in [0, 0.05) is 46.7 Å². The molecule has 1 atom stereocenters. The van der Waals surface area contributed by atoms with Crippen molar-refractivity contribution in [3.63, 3.8) is 0 Å². The van der Waals surface area contributed by atoms with Gasteiger partial charge in [0.05, 0.1) is 0 Å². The second-order valence-electron chi connectivity index (χ2n) is 5.75. The Labute approximate surface area is 137 Å². The summed E-state index contributed by atoms with van der Waals surface area (Å²) >= 11 is 6.12. The molecular weight excluding hydrogens is 316 g/mol. The van der Waals surface area contributed by atoms with E-state index >= 15 is 0 Å². The molecule has 23 heavy (non-hydrogen) atoms. The fraction of sp³-hybridized carbons (Fsp3) is 0.333. The van der Waals surface area contributed by atoms with Crippen molar-refractivity contribution >= 4 is 28.4 Å². The van der Waals surface area contributed by atoms with Crippen molar-refractivity contribution in [2.75, 3.05) is 6.54 Å². The van der Waals surface area contributed by atoms with Crippen LogP contribution >= 0.6 is 11.6 Å². The summed E-state index contributed by atoms with van der Waals surface area (Å²) in [5, 5.41) is 12.8. The van der Waals surface area contributed by atoms with Gasteiger partial charge in [-0.15, -0.1) is 5.10 Å². The first-order valence-electron chi connectivity index (χ1n) is 7.43. The zero-order valence-electron chi connectivity index (χ0n) is 12.5. The van der Waals surface area contributed by atoms with Crippen molar-refractivity contribution in [1.82, 2.24) is 30.1 Å². The van der Waals surface area contributed by atoms with Crippen molar-refractivity contribution in [2.45, 2.75) is 25.9 Å². The number of hydrogen-bond acceptors (Lipinski definition) is 4. The Hall–Kier alpha value is -2.41. The van der Waals surface area contributed by atoms with E-state index in [0.29, 0.717) is 18.1 Å². The summed E-state index contributed by atoms with van der Waals surface area (Å²) in [4.78, 5) is 18.0. The van der Waals surface area contributed by atoms with Gasteiger partial charge in [-0.05, 0) is 35.5 Å². The molecule has 0 aliphatic carbocycles. The van der Waals surface area contributed by atoms with Crippen molar-refractivity contribution in [2.24, 2.45) is 0 Å². The van der Waals surface area contributed by atoms with Crippen LogP contribution in [0.3, 0.4) is 0 Å². The van der Waals surface area contributed by atoms with Crippen LogP contribution in [0.15, 0.2) is 24.5 Å². The predicted molar refractivity (Wildman–Crippen MR) is 85.0 cm³/mol. The number of H-pyrrole nitrogens is 1. The number of nitrogens with zero attached hydrogens (tertiary/aromatic N) is 5. The molecule has 0 unspecified atom stereocenters. The zero-order valence-corrected chi connectivity index (χ0v) is 13.3. The van der Waals surface area contributed by atoms with Gasteiger partial charge in [-0.3, -0.25) is 4.79 Å². The van der Waals surface area contributed by atoms with Crippen LogP contribution in [0.2, 0.25) is 5.02 Å². The quantitative estimate of drug-likeness (QED) is 0.779. The number of aromatic nitrogens is 5. The number of fused-ring (bicyclic) bond motifs is 3. The Bertz CT molecular complexity index is 872. The minimum atomic E-state index is -0.416. The topological polar surface area (TPSA) is 79.7 Å². The molecule has 2 aromatic heterocycles. The Balaban J connectivity index is 1.64. The van der Waals surface area contributed by atoms with Crippen molar-refractivity contribution in [3.8, 4) is 0 Å². The maximum atomic E-state index is 12.7. The molecule has 1 aromatic carbocycles. The van der Waals surface area contributed by atoms with Crippen LogP contribution in [0.1, 0.15) is 24.2 Å². The first-order chi connectivity index (χ1) is 11.1. The highest BCUT2D eigenvalue weighted by molar-refractivity contribution is 6.31. The third kappa shape index (κ3) is 2.37. The summed E-state index contributed by atoms with van der Waals surface area (Å²) in [5.41, 5.74) is 3.38. The van der Waals surface area contributed by atoms with Gasteiger partial charge in [-0.1, -0.05) is 11.6 Å². The van der Waals surface area contributed by atoms with E-state index in [1.54, 1.807) is 6.92 Å². The average molecular weight is 331 g/mol. The minimum absolute atomic E-state index is 0.0133. The first-order valence-corrected chi connectivity index (χ1v) is 7.81. The number of hydrogen-bond donors (Lipinski definition) is 1. The predicted octanol–water partition coefficient (Wildman–Crippen LogP) is 1.95. The molecule has 0 saturated carbocycles. The molecule has 3 heterocycles. The van der Waals surface area contributed by atoms with Crippen molar-refractivity contribution < 1.29 is 4.79 Å². The van der Waals surface area contributed by atoms with E-state index in [9.17, 15) is 4.79 Å². The lowest BCUT2D eigenvalue weighted by Crippen LogP contribution is -2.39. The second-order valence-corrected chi connectivity index (χ2v) is 6.18. The van der Waals surface area contributed by atoms with Crippen molar-refractivity contribution in [3.05, 3.63) is 40.8 Å². The van der Waals surface area contributed by atoms with Crippen LogP contribution in [0, 0.1) is 0 Å². The lowest BCUT2D eigenvalue weighted by molar-refractivity contribution is -0.135. The Morgan fingerprint density at radius 2 is 2.30 bits per heavy atom. The molecule has 1 N–H and O–H groups in total. The third-order valence-electron chi connectivity index (χ3n) is 4.37. The van der Waals surface area contributed by atoms with Gasteiger partial charge in [0.25, 0.3) is 0 Å². The fourth-order valence-electron chi connectivity index (χ4n) is 3.10. The first kappa shape index (κ1) is 14.2. The Morgan fingerprint density at radius 3 is 3.09 bits per heavy atom. The monoisotopic (exact) mass is 330 g/mol. The van der Waals surface area contributed by atoms with Gasteiger partial charge in [-0.2, -0.15) is 0 Å². The van der Waals surface area contributed by atoms with Gasteiger partial charge in [0.2, 0.25) is 5.91 Å². The van der Waals surface area contributed by atoms with Crippen LogP contribution in [0.5, 0.6) is 0 Å². The number of nitrogens with one attached hydrogen (secondary N) is 1. The van der Waals surface area contributed by atoms with Gasteiger partial charge >= 0.3 is 0 Å². The largest absolute Gasteiger partial charge is 0.358 e. The lowest BCUT2D eigenvalue weighted by atomic mass is 10.0. The summed E-state index contributed by atoms with van der Waals surface area (Å²) in [5.74, 6) is 0.0133. The fourth-order valence-corrected chi connectivity index (χ4v) is 3.27. The summed E-state index contributed by atoms with van der Waals surface area (Å²) < 4.78 is 1.48. The van der Waals surface area contributed by atoms with E-state index in [1.807, 2.05) is 23.1 Å². The maximum Gasteiger partial charge on any atom is 0.247 e. The molecule has 0 saturated heterocycles. The number of carbonyl (C=O) groups excluding carboxylic acids is 1. The molecular formula is C15H15ClN6O. The Kier molecular flexibility index (Phi) is 3.30. The highest BCUT2D eigenvalue weighted by Crippen LogP contribution is 2.30. The van der Waals surface area contributed by atoms with Crippen LogP contribution in [-0.4, -0.2) is 42.5 Å². The number of aromatic amines is 1. The standard InChI is InChI=1S/C15H15ClN6O/c1-9(22-8-17-19-20-22)15(23)21-5-4-14-12(7-21)11-6-10(16)2-3-13(11)18-14/h2-3,6,8-9,18H,4-5,7H2,1H3/t9-/m0/s1. The molecule has 4 rings (SSSR count). The van der Waals surface area contributed by atoms with E-state index < -0.39 is 6.04 Å². The minimum Gasteiger partial charge on any atom is -0.358 e. The summed E-state index contributed by atoms with van der Waals surface area (Å²) in [7, 11) is 0. The average Bonchev–Trinajstić information content (AvgIpc) is 3.20. The number of amides is 1. The highest BCUT2D eigenvalue weighted by atomic mass is 35.5. The molecule has 0 fully saturated rings. The molecule has 0 spiro atoms. The van der Waals surface area contributed by atoms with Gasteiger partial charge in [-0.25, -0.2) is 4.68 Å². The number of benzene rings is 1. The van der Waals surface area contributed by atoms with Crippen LogP contribution in [0.4, 0.5) is 0 Å². The summed E-state index contributed by atoms with van der Waals surface area (Å²) in [6.45, 7) is 3.06. The highest BCUT2D eigenvalue weighted by Gasteiger charge is 2.28. The number of halogens is 1. The zero-order chi connectivity index (χ0) is 16.0. The van der Waals surface area contributed by atoms with E-state index in [2.05, 4.69) is 20.5 Å². The lowest BCUT2D eigenvalue weighted by Gasteiger charge is -2.29. The van der Waals surface area contributed by atoms with E-state index in [4.69, 9.17) is 11.6 Å². The van der Waals surface area contributed by atoms with Gasteiger partial charge < -0.3 is 9.88 Å². The molecule has 1 amide bonds. The van der Waals surface area contributed by atoms with Crippen LogP contribution in [-0.2, 0) is 17.8 Å². The van der Waals surface area contributed by atoms with Crippen LogP contribution in [0.25, 0.3) is 10.9 Å². The van der Waals surface area contributed by atoms with Crippen molar-refractivity contribution in [1.29, 1.82) is 0 Å². The molecule has 0 radical (unpaired) electrons. The molecule has 8 heteroatoms.